The maximum absolute atomic E-state index is 12.2. The zero-order chi connectivity index (χ0) is 16.9. The number of hydrogen-bond acceptors (Lipinski definition) is 3. The molecular formula is C20H31N3O. The van der Waals surface area contributed by atoms with Crippen molar-refractivity contribution in [1.82, 2.24) is 15.5 Å². The Bertz CT molecular complexity index is 517. The Morgan fingerprint density at radius 3 is 2.42 bits per heavy atom. The number of rotatable bonds is 7. The van der Waals surface area contributed by atoms with Crippen LogP contribution < -0.4 is 10.6 Å². The first-order chi connectivity index (χ1) is 11.6. The van der Waals surface area contributed by atoms with E-state index in [4.69, 9.17) is 0 Å². The number of benzene rings is 1. The van der Waals surface area contributed by atoms with Crippen molar-refractivity contribution in [2.75, 3.05) is 26.2 Å². The van der Waals surface area contributed by atoms with E-state index in [9.17, 15) is 4.79 Å². The lowest BCUT2D eigenvalue weighted by Crippen LogP contribution is -2.55. The predicted molar refractivity (Wildman–Crippen MR) is 97.6 cm³/mol. The van der Waals surface area contributed by atoms with Crippen molar-refractivity contribution in [2.24, 2.45) is 17.8 Å². The van der Waals surface area contributed by atoms with E-state index >= 15 is 0 Å². The molecule has 1 aliphatic carbocycles. The third-order valence-corrected chi connectivity index (χ3v) is 5.31. The van der Waals surface area contributed by atoms with Crippen LogP contribution in [0.25, 0.3) is 0 Å². The molecule has 2 aliphatic rings. The number of nitrogens with zero attached hydrogens (tertiary/aromatic N) is 1. The number of nitrogens with one attached hydrogen (secondary N) is 2. The first-order valence-corrected chi connectivity index (χ1v) is 9.38. The van der Waals surface area contributed by atoms with Gasteiger partial charge in [-0.3, -0.25) is 9.69 Å². The number of likely N-dealkylation sites (tertiary alicyclic amines) is 1. The fraction of sp³-hybridized carbons (Fsp3) is 0.650. The van der Waals surface area contributed by atoms with Crippen LogP contribution in [0.2, 0.25) is 0 Å². The normalized spacial score (nSPS) is 27.8. The van der Waals surface area contributed by atoms with Crippen LogP contribution in [-0.2, 0) is 11.3 Å². The Morgan fingerprint density at radius 1 is 1.12 bits per heavy atom. The molecule has 1 saturated heterocycles. The quantitative estimate of drug-likeness (QED) is 0.806. The van der Waals surface area contributed by atoms with Crippen LogP contribution in [0.1, 0.15) is 32.3 Å². The molecule has 0 spiro atoms. The van der Waals surface area contributed by atoms with Crippen LogP contribution in [0.4, 0.5) is 0 Å². The lowest BCUT2D eigenvalue weighted by Gasteiger charge is -2.41. The van der Waals surface area contributed by atoms with Gasteiger partial charge in [0.15, 0.2) is 0 Å². The van der Waals surface area contributed by atoms with Crippen LogP contribution >= 0.6 is 0 Å². The molecule has 1 heterocycles. The summed E-state index contributed by atoms with van der Waals surface area (Å²) >= 11 is 0. The van der Waals surface area contributed by atoms with E-state index in [0.29, 0.717) is 18.4 Å². The Balaban J connectivity index is 1.45. The Morgan fingerprint density at radius 2 is 1.79 bits per heavy atom. The van der Waals surface area contributed by atoms with Gasteiger partial charge in [0.1, 0.15) is 0 Å². The summed E-state index contributed by atoms with van der Waals surface area (Å²) in [6.45, 7) is 9.05. The minimum atomic E-state index is 0.149. The second-order valence-corrected chi connectivity index (χ2v) is 7.80. The molecule has 3 rings (SSSR count). The molecule has 0 radical (unpaired) electrons. The first kappa shape index (κ1) is 17.4. The Kier molecular flexibility index (Phi) is 5.90. The Hall–Kier alpha value is -1.39. The highest BCUT2D eigenvalue weighted by atomic mass is 16.2. The fourth-order valence-corrected chi connectivity index (χ4v) is 3.88. The second kappa shape index (κ2) is 8.13. The third-order valence-electron chi connectivity index (χ3n) is 5.31. The number of carbonyl (C=O) groups excluding carboxylic acids is 1. The molecule has 4 heteroatoms. The van der Waals surface area contributed by atoms with E-state index in [2.05, 4.69) is 59.7 Å². The van der Waals surface area contributed by atoms with Gasteiger partial charge >= 0.3 is 0 Å². The Labute approximate surface area is 146 Å². The molecule has 1 aromatic carbocycles. The largest absolute Gasteiger partial charge is 0.352 e. The number of amides is 1. The average Bonchev–Trinajstić information content (AvgIpc) is 3.36. The smallest absolute Gasteiger partial charge is 0.234 e. The van der Waals surface area contributed by atoms with Crippen molar-refractivity contribution < 1.29 is 4.79 Å². The summed E-state index contributed by atoms with van der Waals surface area (Å²) in [6.07, 6.45) is 2.64. The molecule has 4 nitrogen and oxygen atoms in total. The molecule has 2 N–H and O–H groups in total. The summed E-state index contributed by atoms with van der Waals surface area (Å²) in [6, 6.07) is 10.9. The summed E-state index contributed by atoms with van der Waals surface area (Å²) in [7, 11) is 0. The molecule has 2 unspecified atom stereocenters. The molecule has 1 aliphatic heterocycles. The van der Waals surface area contributed by atoms with Gasteiger partial charge in [-0.1, -0.05) is 44.2 Å². The summed E-state index contributed by atoms with van der Waals surface area (Å²) in [5, 5.41) is 6.55. The molecule has 0 bridgehead atoms. The van der Waals surface area contributed by atoms with Crippen LogP contribution in [0, 0.1) is 17.8 Å². The van der Waals surface area contributed by atoms with Gasteiger partial charge in [0.05, 0.1) is 6.54 Å². The summed E-state index contributed by atoms with van der Waals surface area (Å²) in [5.41, 5.74) is 1.36. The van der Waals surface area contributed by atoms with Crippen LogP contribution in [0.15, 0.2) is 30.3 Å². The zero-order valence-electron chi connectivity index (χ0n) is 15.0. The number of hydrogen-bond donors (Lipinski definition) is 2. The zero-order valence-corrected chi connectivity index (χ0v) is 15.0. The fourth-order valence-electron chi connectivity index (χ4n) is 3.88. The molecule has 132 valence electrons. The van der Waals surface area contributed by atoms with Gasteiger partial charge in [-0.2, -0.15) is 0 Å². The topological polar surface area (TPSA) is 44.4 Å². The molecule has 2 fully saturated rings. The van der Waals surface area contributed by atoms with Gasteiger partial charge < -0.3 is 10.6 Å². The SMILES string of the molecule is CC1CN(Cc2ccccc2)CC(C)C1NC(=O)CNCC1CC1. The summed E-state index contributed by atoms with van der Waals surface area (Å²) in [4.78, 5) is 14.7. The molecule has 1 amide bonds. The van der Waals surface area contributed by atoms with E-state index in [1.54, 1.807) is 0 Å². The van der Waals surface area contributed by atoms with Crippen molar-refractivity contribution in [3.63, 3.8) is 0 Å². The van der Waals surface area contributed by atoms with Crippen LogP contribution in [0.5, 0.6) is 0 Å². The monoisotopic (exact) mass is 329 g/mol. The summed E-state index contributed by atoms with van der Waals surface area (Å²) < 4.78 is 0. The lowest BCUT2D eigenvalue weighted by atomic mass is 9.85. The van der Waals surface area contributed by atoms with E-state index in [0.717, 1.165) is 32.1 Å². The maximum Gasteiger partial charge on any atom is 0.234 e. The first-order valence-electron chi connectivity index (χ1n) is 9.38. The minimum absolute atomic E-state index is 0.149. The van der Waals surface area contributed by atoms with Crippen LogP contribution in [0.3, 0.4) is 0 Å². The highest BCUT2D eigenvalue weighted by Gasteiger charge is 2.32. The average molecular weight is 329 g/mol. The molecule has 24 heavy (non-hydrogen) atoms. The van der Waals surface area contributed by atoms with Crippen molar-refractivity contribution in [2.45, 2.75) is 39.3 Å². The van der Waals surface area contributed by atoms with E-state index in [1.807, 2.05) is 0 Å². The minimum Gasteiger partial charge on any atom is -0.352 e. The van der Waals surface area contributed by atoms with Crippen LogP contribution in [-0.4, -0.2) is 43.0 Å². The van der Waals surface area contributed by atoms with Crippen molar-refractivity contribution in [3.05, 3.63) is 35.9 Å². The van der Waals surface area contributed by atoms with E-state index in [1.165, 1.54) is 18.4 Å². The van der Waals surface area contributed by atoms with E-state index < -0.39 is 0 Å². The van der Waals surface area contributed by atoms with E-state index in [-0.39, 0.29) is 11.9 Å². The van der Waals surface area contributed by atoms with Gasteiger partial charge in [0, 0.05) is 25.7 Å². The molecular weight excluding hydrogens is 298 g/mol. The maximum atomic E-state index is 12.2. The van der Waals surface area contributed by atoms with Gasteiger partial charge in [-0.15, -0.1) is 0 Å². The number of carbonyl (C=O) groups is 1. The van der Waals surface area contributed by atoms with Crippen molar-refractivity contribution in [1.29, 1.82) is 0 Å². The standard InChI is InChI=1S/C20H31N3O/c1-15-12-23(14-18-6-4-3-5-7-18)13-16(2)20(15)22-19(24)11-21-10-17-8-9-17/h3-7,15-17,20-21H,8-14H2,1-2H3,(H,22,24). The predicted octanol–water partition coefficient (Wildman–Crippen LogP) is 2.26. The van der Waals surface area contributed by atoms with Crippen molar-refractivity contribution in [3.8, 4) is 0 Å². The van der Waals surface area contributed by atoms with Gasteiger partial charge in [0.2, 0.25) is 5.91 Å². The highest BCUT2D eigenvalue weighted by Crippen LogP contribution is 2.27. The van der Waals surface area contributed by atoms with Gasteiger partial charge in [-0.25, -0.2) is 0 Å². The van der Waals surface area contributed by atoms with Crippen molar-refractivity contribution >= 4 is 5.91 Å². The molecule has 2 atom stereocenters. The highest BCUT2D eigenvalue weighted by molar-refractivity contribution is 5.78. The lowest BCUT2D eigenvalue weighted by molar-refractivity contribution is -0.122. The number of piperidine rings is 1. The molecule has 1 aromatic rings. The van der Waals surface area contributed by atoms with Gasteiger partial charge in [-0.05, 0) is 42.7 Å². The second-order valence-electron chi connectivity index (χ2n) is 7.80. The molecule has 0 aromatic heterocycles. The third kappa shape index (κ3) is 5.05. The summed E-state index contributed by atoms with van der Waals surface area (Å²) in [5.74, 6) is 1.92. The van der Waals surface area contributed by atoms with Gasteiger partial charge in [0.25, 0.3) is 0 Å². The molecule has 1 saturated carbocycles.